The first-order valence-electron chi connectivity index (χ1n) is 10.5. The number of carbonyl (C=O) groups is 1. The van der Waals surface area contributed by atoms with Gasteiger partial charge in [0.25, 0.3) is 10.0 Å². The first-order chi connectivity index (χ1) is 16.3. The Labute approximate surface area is 215 Å². The Bertz CT molecular complexity index is 1450. The van der Waals surface area contributed by atoms with Gasteiger partial charge in [0.1, 0.15) is 10.3 Å². The van der Waals surface area contributed by atoms with E-state index in [0.29, 0.717) is 27.3 Å². The van der Waals surface area contributed by atoms with Crippen molar-refractivity contribution in [1.82, 2.24) is 9.29 Å². The molecule has 11 heteroatoms. The van der Waals surface area contributed by atoms with E-state index in [1.807, 2.05) is 42.5 Å². The lowest BCUT2D eigenvalue weighted by atomic mass is 10.1. The molecule has 2 aromatic heterocycles. The van der Waals surface area contributed by atoms with Gasteiger partial charge in [0.2, 0.25) is 5.91 Å². The molecule has 0 aliphatic carbocycles. The Hall–Kier alpha value is -2.01. The third kappa shape index (κ3) is 4.60. The number of thiazole rings is 1. The van der Waals surface area contributed by atoms with Crippen LogP contribution in [0.2, 0.25) is 9.36 Å². The third-order valence-corrected chi connectivity index (χ3v) is 10.5. The predicted molar refractivity (Wildman–Crippen MR) is 139 cm³/mol. The number of rotatable bonds is 6. The van der Waals surface area contributed by atoms with Gasteiger partial charge >= 0.3 is 0 Å². The summed E-state index contributed by atoms with van der Waals surface area (Å²) in [5, 5.41) is 1.10. The van der Waals surface area contributed by atoms with Gasteiger partial charge in [0.15, 0.2) is 5.13 Å². The second-order valence-corrected chi connectivity index (χ2v) is 13.1. The largest absolute Gasteiger partial charge is 0.282 e. The smallest absolute Gasteiger partial charge is 0.253 e. The summed E-state index contributed by atoms with van der Waals surface area (Å²) in [6.45, 7) is 0.561. The van der Waals surface area contributed by atoms with Crippen LogP contribution in [0.3, 0.4) is 0 Å². The lowest BCUT2D eigenvalue weighted by molar-refractivity contribution is -0.121. The predicted octanol–water partition coefficient (Wildman–Crippen LogP) is 6.05. The number of benzene rings is 2. The van der Waals surface area contributed by atoms with Gasteiger partial charge in [-0.1, -0.05) is 64.9 Å². The minimum absolute atomic E-state index is 0.140. The van der Waals surface area contributed by atoms with Crippen LogP contribution < -0.4 is 4.90 Å². The molecule has 6 nitrogen and oxygen atoms in total. The summed E-state index contributed by atoms with van der Waals surface area (Å²) in [5.74, 6) is -0.294. The maximum atomic E-state index is 13.9. The molecule has 0 bridgehead atoms. The fourth-order valence-corrected chi connectivity index (χ4v) is 8.52. The number of hydrogen-bond acceptors (Lipinski definition) is 6. The van der Waals surface area contributed by atoms with Crippen LogP contribution >= 0.6 is 45.9 Å². The topological polar surface area (TPSA) is 70.6 Å². The maximum Gasteiger partial charge on any atom is 0.253 e. The molecule has 2 aromatic carbocycles. The fraction of sp³-hybridized carbons (Fsp3) is 0.217. The molecule has 1 atom stereocenters. The fourth-order valence-electron chi connectivity index (χ4n) is 4.01. The molecule has 1 unspecified atom stereocenters. The SMILES string of the molecule is O=C(C1CCCN1S(=O)(=O)c1ccc(Cl)s1)N(Cc1ccccc1)c1nc2ccc(Cl)cc2s1. The second kappa shape index (κ2) is 9.56. The van der Waals surface area contributed by atoms with Crippen molar-refractivity contribution >= 4 is 77.2 Å². The van der Waals surface area contributed by atoms with E-state index in [4.69, 9.17) is 23.2 Å². The standard InChI is InChI=1S/C23H19Cl2N3O3S3/c24-16-8-9-17-19(13-16)32-23(26-17)27(14-15-5-2-1-3-6-15)22(29)18-7-4-12-28(18)34(30,31)21-11-10-20(25)33-21/h1-3,5-6,8-11,13,18H,4,7,12,14H2. The Balaban J connectivity index is 1.52. The highest BCUT2D eigenvalue weighted by atomic mass is 35.5. The van der Waals surface area contributed by atoms with Crippen molar-refractivity contribution in [2.45, 2.75) is 29.6 Å². The van der Waals surface area contributed by atoms with Gasteiger partial charge < -0.3 is 0 Å². The number of anilines is 1. The van der Waals surface area contributed by atoms with Gasteiger partial charge in [-0.15, -0.1) is 11.3 Å². The van der Waals surface area contributed by atoms with Crippen LogP contribution in [0.25, 0.3) is 10.2 Å². The van der Waals surface area contributed by atoms with Crippen molar-refractivity contribution < 1.29 is 13.2 Å². The average molecular weight is 553 g/mol. The zero-order chi connectivity index (χ0) is 23.9. The van der Waals surface area contributed by atoms with Gasteiger partial charge in [0.05, 0.1) is 21.1 Å². The van der Waals surface area contributed by atoms with E-state index in [1.165, 1.54) is 21.7 Å². The number of nitrogens with zero attached hydrogens (tertiary/aromatic N) is 3. The van der Waals surface area contributed by atoms with Gasteiger partial charge in [-0.3, -0.25) is 9.69 Å². The monoisotopic (exact) mass is 551 g/mol. The van der Waals surface area contributed by atoms with Crippen LogP contribution in [0.5, 0.6) is 0 Å². The van der Waals surface area contributed by atoms with Crippen LogP contribution in [0.4, 0.5) is 5.13 Å². The van der Waals surface area contributed by atoms with Crippen molar-refractivity contribution in [3.8, 4) is 0 Å². The molecule has 1 aliphatic heterocycles. The molecular weight excluding hydrogens is 533 g/mol. The summed E-state index contributed by atoms with van der Waals surface area (Å²) < 4.78 is 29.4. The molecule has 3 heterocycles. The molecule has 1 saturated heterocycles. The van der Waals surface area contributed by atoms with Crippen molar-refractivity contribution in [3.63, 3.8) is 0 Å². The number of sulfonamides is 1. The zero-order valence-corrected chi connectivity index (χ0v) is 21.7. The van der Waals surface area contributed by atoms with E-state index in [9.17, 15) is 13.2 Å². The third-order valence-electron chi connectivity index (χ3n) is 5.62. The second-order valence-electron chi connectivity index (χ2n) is 7.85. The average Bonchev–Trinajstić information content (AvgIpc) is 3.57. The minimum atomic E-state index is -3.85. The zero-order valence-electron chi connectivity index (χ0n) is 17.7. The van der Waals surface area contributed by atoms with Crippen molar-refractivity contribution in [3.05, 3.63) is 75.6 Å². The van der Waals surface area contributed by atoms with Crippen LogP contribution in [0.15, 0.2) is 64.9 Å². The maximum absolute atomic E-state index is 13.9. The van der Waals surface area contributed by atoms with E-state index in [1.54, 1.807) is 17.0 Å². The summed E-state index contributed by atoms with van der Waals surface area (Å²) in [5.41, 5.74) is 1.66. The van der Waals surface area contributed by atoms with Gasteiger partial charge in [-0.25, -0.2) is 13.4 Å². The number of amides is 1. The molecule has 176 valence electrons. The highest BCUT2D eigenvalue weighted by Gasteiger charge is 2.42. The Morgan fingerprint density at radius 3 is 2.62 bits per heavy atom. The molecule has 0 saturated carbocycles. The van der Waals surface area contributed by atoms with Gasteiger partial charge in [-0.05, 0) is 48.7 Å². The Morgan fingerprint density at radius 2 is 1.88 bits per heavy atom. The lowest BCUT2D eigenvalue weighted by Crippen LogP contribution is -2.47. The Kier molecular flexibility index (Phi) is 6.67. The van der Waals surface area contributed by atoms with Crippen LogP contribution in [-0.2, 0) is 21.4 Å². The van der Waals surface area contributed by atoms with E-state index in [0.717, 1.165) is 27.1 Å². The number of carbonyl (C=O) groups excluding carboxylic acids is 1. The highest BCUT2D eigenvalue weighted by molar-refractivity contribution is 7.91. The highest BCUT2D eigenvalue weighted by Crippen LogP contribution is 2.36. The number of aromatic nitrogens is 1. The quantitative estimate of drug-likeness (QED) is 0.292. The molecule has 1 aliphatic rings. The van der Waals surface area contributed by atoms with E-state index >= 15 is 0 Å². The summed E-state index contributed by atoms with van der Waals surface area (Å²) in [6, 6.07) is 17.2. The van der Waals surface area contributed by atoms with E-state index in [2.05, 4.69) is 4.98 Å². The summed E-state index contributed by atoms with van der Waals surface area (Å²) in [7, 11) is -3.85. The molecule has 4 aromatic rings. The molecule has 0 N–H and O–H groups in total. The van der Waals surface area contributed by atoms with Crippen molar-refractivity contribution in [1.29, 1.82) is 0 Å². The minimum Gasteiger partial charge on any atom is -0.282 e. The summed E-state index contributed by atoms with van der Waals surface area (Å²) in [4.78, 5) is 20.2. The molecular formula is C23H19Cl2N3O3S3. The molecule has 0 spiro atoms. The number of fused-ring (bicyclic) bond motifs is 1. The molecule has 1 fully saturated rings. The normalized spacial score (nSPS) is 16.8. The lowest BCUT2D eigenvalue weighted by Gasteiger charge is -2.28. The number of hydrogen-bond donors (Lipinski definition) is 0. The number of thiophene rings is 1. The Morgan fingerprint density at radius 1 is 1.09 bits per heavy atom. The first-order valence-corrected chi connectivity index (χ1v) is 14.3. The van der Waals surface area contributed by atoms with Crippen molar-refractivity contribution in [2.75, 3.05) is 11.4 Å². The molecule has 1 amide bonds. The molecule has 5 rings (SSSR count). The van der Waals surface area contributed by atoms with E-state index < -0.39 is 16.1 Å². The first kappa shape index (κ1) is 23.7. The van der Waals surface area contributed by atoms with Gasteiger partial charge in [-0.2, -0.15) is 4.31 Å². The summed E-state index contributed by atoms with van der Waals surface area (Å²) >= 11 is 14.5. The number of halogens is 2. The van der Waals surface area contributed by atoms with Crippen molar-refractivity contribution in [2.24, 2.45) is 0 Å². The van der Waals surface area contributed by atoms with Gasteiger partial charge in [0, 0.05) is 11.6 Å². The summed E-state index contributed by atoms with van der Waals surface area (Å²) in [6.07, 6.45) is 1.04. The molecule has 34 heavy (non-hydrogen) atoms. The molecule has 0 radical (unpaired) electrons. The van der Waals surface area contributed by atoms with E-state index in [-0.39, 0.29) is 23.2 Å². The van der Waals surface area contributed by atoms with Crippen LogP contribution in [0, 0.1) is 0 Å². The van der Waals surface area contributed by atoms with Crippen LogP contribution in [-0.4, -0.2) is 36.2 Å². The van der Waals surface area contributed by atoms with Crippen LogP contribution in [0.1, 0.15) is 18.4 Å².